The van der Waals surface area contributed by atoms with Crippen molar-refractivity contribution in [3.05, 3.63) is 75.7 Å². The molecule has 0 unspecified atom stereocenters. The number of carbonyl (C=O) groups excluding carboxylic acids is 1. The highest BCUT2D eigenvalue weighted by molar-refractivity contribution is 7.93. The number of halogens is 2. The van der Waals surface area contributed by atoms with Gasteiger partial charge in [0.2, 0.25) is 5.91 Å². The Morgan fingerprint density at radius 2 is 1.89 bits per heavy atom. The Kier molecular flexibility index (Phi) is 6.56. The quantitative estimate of drug-likeness (QED) is 0.584. The van der Waals surface area contributed by atoms with Crippen LogP contribution in [0.25, 0.3) is 0 Å². The normalized spacial score (nSPS) is 11.2. The highest BCUT2D eigenvalue weighted by atomic mass is 35.5. The molecule has 2 aromatic carbocycles. The van der Waals surface area contributed by atoms with Gasteiger partial charge < -0.3 is 5.32 Å². The van der Waals surface area contributed by atoms with E-state index in [4.69, 9.17) is 23.2 Å². The topological polar surface area (TPSA) is 79.4 Å². The van der Waals surface area contributed by atoms with Crippen LogP contribution >= 0.6 is 34.5 Å². The van der Waals surface area contributed by atoms with Gasteiger partial charge in [0.05, 0.1) is 4.90 Å². The smallest absolute Gasteiger partial charge is 0.266 e. The van der Waals surface area contributed by atoms with Gasteiger partial charge >= 0.3 is 0 Å². The molecule has 0 fully saturated rings. The van der Waals surface area contributed by atoms with Crippen LogP contribution in [0.5, 0.6) is 0 Å². The third-order valence-corrected chi connectivity index (χ3v) is 6.99. The molecule has 1 aromatic heterocycles. The maximum absolute atomic E-state index is 13.0. The Bertz CT molecular complexity index is 1060. The number of hydrogen-bond donors (Lipinski definition) is 1. The Morgan fingerprint density at radius 1 is 1.14 bits per heavy atom. The van der Waals surface area contributed by atoms with E-state index in [2.05, 4.69) is 10.3 Å². The number of aromatic nitrogens is 1. The highest BCUT2D eigenvalue weighted by Gasteiger charge is 2.28. The molecule has 1 amide bonds. The second-order valence-electron chi connectivity index (χ2n) is 5.65. The molecule has 28 heavy (non-hydrogen) atoms. The first-order valence-corrected chi connectivity index (χ1v) is 11.1. The molecule has 0 aliphatic rings. The summed E-state index contributed by atoms with van der Waals surface area (Å²) >= 11 is 13.1. The molecule has 10 heteroatoms. The van der Waals surface area contributed by atoms with Gasteiger partial charge in [-0.2, -0.15) is 0 Å². The van der Waals surface area contributed by atoms with Gasteiger partial charge in [0.15, 0.2) is 5.13 Å². The lowest BCUT2D eigenvalue weighted by atomic mass is 10.2. The van der Waals surface area contributed by atoms with Crippen LogP contribution in [0.3, 0.4) is 0 Å². The van der Waals surface area contributed by atoms with E-state index in [9.17, 15) is 13.2 Å². The van der Waals surface area contributed by atoms with Crippen molar-refractivity contribution in [2.75, 3.05) is 10.8 Å². The summed E-state index contributed by atoms with van der Waals surface area (Å²) in [4.78, 5) is 16.6. The third kappa shape index (κ3) is 4.82. The molecule has 0 spiro atoms. The van der Waals surface area contributed by atoms with Crippen LogP contribution in [0, 0.1) is 0 Å². The van der Waals surface area contributed by atoms with Crippen molar-refractivity contribution in [3.8, 4) is 0 Å². The lowest BCUT2D eigenvalue weighted by Gasteiger charge is -2.21. The molecule has 3 rings (SSSR count). The highest BCUT2D eigenvalue weighted by Crippen LogP contribution is 2.25. The van der Waals surface area contributed by atoms with Crippen LogP contribution in [0.1, 0.15) is 5.56 Å². The molecule has 1 heterocycles. The molecular formula is C18H15Cl2N3O3S2. The van der Waals surface area contributed by atoms with E-state index in [1.54, 1.807) is 41.8 Å². The number of rotatable bonds is 7. The van der Waals surface area contributed by atoms with E-state index in [-0.39, 0.29) is 16.6 Å². The fourth-order valence-corrected chi connectivity index (χ4v) is 5.10. The van der Waals surface area contributed by atoms with Gasteiger partial charge in [-0.1, -0.05) is 47.5 Å². The summed E-state index contributed by atoms with van der Waals surface area (Å²) in [6.45, 7) is -0.262. The summed E-state index contributed by atoms with van der Waals surface area (Å²) in [5, 5.41) is 5.45. The summed E-state index contributed by atoms with van der Waals surface area (Å²) in [6, 6.07) is 12.8. The van der Waals surface area contributed by atoms with Gasteiger partial charge in [0.1, 0.15) is 6.54 Å². The minimum absolute atomic E-state index is 0.0822. The van der Waals surface area contributed by atoms with Gasteiger partial charge in [0, 0.05) is 28.2 Å². The number of anilines is 1. The zero-order valence-electron chi connectivity index (χ0n) is 14.4. The average Bonchev–Trinajstić information content (AvgIpc) is 3.20. The molecule has 0 bridgehead atoms. The summed E-state index contributed by atoms with van der Waals surface area (Å²) < 4.78 is 27.0. The predicted molar refractivity (Wildman–Crippen MR) is 111 cm³/mol. The first kappa shape index (κ1) is 20.6. The summed E-state index contributed by atoms with van der Waals surface area (Å²) in [7, 11) is -3.94. The van der Waals surface area contributed by atoms with Crippen LogP contribution in [-0.4, -0.2) is 25.9 Å². The Hall–Kier alpha value is -2.13. The molecule has 0 aliphatic heterocycles. The lowest BCUT2D eigenvalue weighted by Crippen LogP contribution is -2.40. The van der Waals surface area contributed by atoms with Crippen LogP contribution < -0.4 is 9.62 Å². The number of amides is 1. The Morgan fingerprint density at radius 3 is 2.54 bits per heavy atom. The summed E-state index contributed by atoms with van der Waals surface area (Å²) in [5.74, 6) is -0.485. The van der Waals surface area contributed by atoms with Crippen molar-refractivity contribution in [1.82, 2.24) is 10.3 Å². The van der Waals surface area contributed by atoms with Crippen molar-refractivity contribution in [2.24, 2.45) is 0 Å². The number of sulfonamides is 1. The molecule has 0 saturated heterocycles. The van der Waals surface area contributed by atoms with Crippen molar-refractivity contribution in [2.45, 2.75) is 11.4 Å². The number of thiazole rings is 1. The molecule has 0 atom stereocenters. The largest absolute Gasteiger partial charge is 0.350 e. The Labute approximate surface area is 176 Å². The zero-order chi connectivity index (χ0) is 20.1. The predicted octanol–water partition coefficient (Wildman–Crippen LogP) is 3.96. The van der Waals surface area contributed by atoms with Crippen LogP contribution in [-0.2, 0) is 21.4 Å². The fraction of sp³-hybridized carbons (Fsp3) is 0.111. The van der Waals surface area contributed by atoms with Gasteiger partial charge in [-0.25, -0.2) is 17.7 Å². The average molecular weight is 456 g/mol. The molecule has 6 nitrogen and oxygen atoms in total. The van der Waals surface area contributed by atoms with Crippen LogP contribution in [0.4, 0.5) is 5.13 Å². The molecule has 3 aromatic rings. The van der Waals surface area contributed by atoms with Crippen molar-refractivity contribution in [1.29, 1.82) is 0 Å². The molecule has 0 radical (unpaired) electrons. The maximum atomic E-state index is 13.0. The van der Waals surface area contributed by atoms with Gasteiger partial charge in [-0.15, -0.1) is 11.3 Å². The second kappa shape index (κ2) is 8.91. The van der Waals surface area contributed by atoms with Gasteiger partial charge in [0.25, 0.3) is 10.0 Å². The second-order valence-corrected chi connectivity index (χ2v) is 9.23. The van der Waals surface area contributed by atoms with Crippen LogP contribution in [0.2, 0.25) is 10.0 Å². The van der Waals surface area contributed by atoms with E-state index < -0.39 is 22.5 Å². The van der Waals surface area contributed by atoms with Crippen molar-refractivity contribution in [3.63, 3.8) is 0 Å². The standard InChI is InChI=1S/C18H15Cl2N3O3S2/c19-14-7-6-13(16(20)10-14)11-22-17(24)12-23(18-21-8-9-27-18)28(25,26)15-4-2-1-3-5-15/h1-10H,11-12H2,(H,22,24). The first-order chi connectivity index (χ1) is 13.4. The maximum Gasteiger partial charge on any atom is 0.266 e. The lowest BCUT2D eigenvalue weighted by molar-refractivity contribution is -0.119. The number of nitrogens with zero attached hydrogens (tertiary/aromatic N) is 2. The number of carbonyl (C=O) groups is 1. The minimum Gasteiger partial charge on any atom is -0.350 e. The van der Waals surface area contributed by atoms with E-state index in [0.29, 0.717) is 15.6 Å². The van der Waals surface area contributed by atoms with Crippen molar-refractivity contribution >= 4 is 55.6 Å². The number of nitrogens with one attached hydrogen (secondary N) is 1. The minimum atomic E-state index is -3.94. The monoisotopic (exact) mass is 455 g/mol. The van der Waals surface area contributed by atoms with Gasteiger partial charge in [-0.05, 0) is 29.8 Å². The molecule has 0 saturated carbocycles. The molecular weight excluding hydrogens is 441 g/mol. The van der Waals surface area contributed by atoms with Crippen LogP contribution in [0.15, 0.2) is 65.0 Å². The summed E-state index contributed by atoms with van der Waals surface area (Å²) in [6.07, 6.45) is 1.49. The number of hydrogen-bond acceptors (Lipinski definition) is 5. The van der Waals surface area contributed by atoms with E-state index in [1.807, 2.05) is 0 Å². The molecule has 0 aliphatic carbocycles. The van der Waals surface area contributed by atoms with E-state index >= 15 is 0 Å². The van der Waals surface area contributed by atoms with Gasteiger partial charge in [-0.3, -0.25) is 4.79 Å². The zero-order valence-corrected chi connectivity index (χ0v) is 17.5. The number of benzene rings is 2. The first-order valence-electron chi connectivity index (χ1n) is 8.06. The van der Waals surface area contributed by atoms with E-state index in [1.165, 1.54) is 18.3 Å². The Balaban J connectivity index is 1.78. The SMILES string of the molecule is O=C(CN(c1nccs1)S(=O)(=O)c1ccccc1)NCc1ccc(Cl)cc1Cl. The fourth-order valence-electron chi connectivity index (χ4n) is 2.36. The third-order valence-electron chi connectivity index (χ3n) is 3.74. The molecule has 146 valence electrons. The molecule has 1 N–H and O–H groups in total. The summed E-state index contributed by atoms with van der Waals surface area (Å²) in [5.41, 5.74) is 0.672. The van der Waals surface area contributed by atoms with E-state index in [0.717, 1.165) is 15.6 Å². The van der Waals surface area contributed by atoms with Crippen molar-refractivity contribution < 1.29 is 13.2 Å².